The SMILES string of the molecule is CCOC(=O)C[C@@H](NC(=O)c1cc2c(n(-c3cccc(Cl)c3)c1=O)CC(C)(C)CC2=O)c1ccc(C)cc1. The van der Waals surface area contributed by atoms with E-state index in [0.29, 0.717) is 40.4 Å². The number of Topliss-reactive ketones (excluding diaryl/α,β-unsaturated/α-hetero) is 1. The van der Waals surface area contributed by atoms with Crippen molar-refractivity contribution in [3.8, 4) is 5.69 Å². The lowest BCUT2D eigenvalue weighted by Gasteiger charge is -2.32. The Morgan fingerprint density at radius 2 is 1.79 bits per heavy atom. The fourth-order valence-corrected chi connectivity index (χ4v) is 5.02. The van der Waals surface area contributed by atoms with Gasteiger partial charge in [-0.1, -0.05) is 61.3 Å². The van der Waals surface area contributed by atoms with E-state index >= 15 is 0 Å². The minimum absolute atomic E-state index is 0.108. The van der Waals surface area contributed by atoms with Gasteiger partial charge in [0.1, 0.15) is 5.56 Å². The summed E-state index contributed by atoms with van der Waals surface area (Å²) < 4.78 is 6.53. The first-order chi connectivity index (χ1) is 18.0. The predicted molar refractivity (Wildman–Crippen MR) is 146 cm³/mol. The van der Waals surface area contributed by atoms with Gasteiger partial charge in [0, 0.05) is 22.7 Å². The van der Waals surface area contributed by atoms with Crippen LogP contribution >= 0.6 is 11.6 Å². The number of halogens is 1. The standard InChI is InChI=1S/C30H31ClN2O5/c1-5-38-27(35)15-24(19-11-9-18(2)10-12-19)32-28(36)23-14-22-25(16-30(3,4)17-26(22)34)33(29(23)37)21-8-6-7-20(31)13-21/h6-14,24H,5,15-17H2,1-4H3,(H,32,36)/t24-/m1/s1. The van der Waals surface area contributed by atoms with Gasteiger partial charge in [-0.25, -0.2) is 0 Å². The van der Waals surface area contributed by atoms with Crippen molar-refractivity contribution in [1.82, 2.24) is 9.88 Å². The van der Waals surface area contributed by atoms with Crippen LogP contribution in [-0.4, -0.2) is 28.8 Å². The van der Waals surface area contributed by atoms with Crippen molar-refractivity contribution in [1.29, 1.82) is 0 Å². The summed E-state index contributed by atoms with van der Waals surface area (Å²) in [4.78, 5) is 53.0. The van der Waals surface area contributed by atoms with E-state index in [1.165, 1.54) is 10.6 Å². The number of rotatable bonds is 7. The molecule has 8 heteroatoms. The first-order valence-electron chi connectivity index (χ1n) is 12.6. The Morgan fingerprint density at radius 3 is 2.45 bits per heavy atom. The van der Waals surface area contributed by atoms with Crippen LogP contribution in [0.25, 0.3) is 5.69 Å². The van der Waals surface area contributed by atoms with Crippen LogP contribution in [0.1, 0.15) is 77.2 Å². The van der Waals surface area contributed by atoms with E-state index < -0.39 is 23.5 Å². The number of ketones is 1. The number of carbonyl (C=O) groups is 3. The number of nitrogens with one attached hydrogen (secondary N) is 1. The van der Waals surface area contributed by atoms with E-state index in [2.05, 4.69) is 5.32 Å². The number of nitrogens with zero attached hydrogens (tertiary/aromatic N) is 1. The molecule has 0 fully saturated rings. The maximum absolute atomic E-state index is 13.9. The Morgan fingerprint density at radius 1 is 1.08 bits per heavy atom. The molecule has 0 saturated heterocycles. The molecule has 4 rings (SSSR count). The number of hydrogen-bond acceptors (Lipinski definition) is 5. The lowest BCUT2D eigenvalue weighted by Crippen LogP contribution is -2.40. The van der Waals surface area contributed by atoms with Crippen LogP contribution in [0.15, 0.2) is 59.4 Å². The molecule has 1 N–H and O–H groups in total. The predicted octanol–water partition coefficient (Wildman–Crippen LogP) is 5.38. The number of esters is 1. The zero-order chi connectivity index (χ0) is 27.6. The third kappa shape index (κ3) is 5.89. The van der Waals surface area contributed by atoms with Crippen molar-refractivity contribution < 1.29 is 19.1 Å². The quantitative estimate of drug-likeness (QED) is 0.411. The molecule has 0 aliphatic heterocycles. The summed E-state index contributed by atoms with van der Waals surface area (Å²) in [5.74, 6) is -1.29. The molecule has 3 aromatic rings. The van der Waals surface area contributed by atoms with E-state index in [9.17, 15) is 19.2 Å². The van der Waals surface area contributed by atoms with Gasteiger partial charge >= 0.3 is 5.97 Å². The van der Waals surface area contributed by atoms with Crippen LogP contribution < -0.4 is 10.9 Å². The van der Waals surface area contributed by atoms with Crippen LogP contribution in [-0.2, 0) is 16.0 Å². The highest BCUT2D eigenvalue weighted by molar-refractivity contribution is 6.30. The van der Waals surface area contributed by atoms with E-state index in [0.717, 1.165) is 5.56 Å². The molecule has 1 atom stereocenters. The second kappa shape index (κ2) is 11.0. The normalized spacial score (nSPS) is 14.9. The maximum atomic E-state index is 13.9. The number of pyridine rings is 1. The summed E-state index contributed by atoms with van der Waals surface area (Å²) in [7, 11) is 0. The summed E-state index contributed by atoms with van der Waals surface area (Å²) in [5.41, 5.74) is 1.99. The summed E-state index contributed by atoms with van der Waals surface area (Å²) in [6, 6.07) is 14.8. The third-order valence-corrected chi connectivity index (χ3v) is 6.90. The Labute approximate surface area is 226 Å². The highest BCUT2D eigenvalue weighted by atomic mass is 35.5. The first-order valence-corrected chi connectivity index (χ1v) is 13.0. The van der Waals surface area contributed by atoms with Gasteiger partial charge in [0.05, 0.1) is 24.8 Å². The minimum atomic E-state index is -0.730. The van der Waals surface area contributed by atoms with Gasteiger partial charge in [-0.15, -0.1) is 0 Å². The van der Waals surface area contributed by atoms with Crippen LogP contribution in [0.2, 0.25) is 5.02 Å². The molecule has 2 aromatic carbocycles. The minimum Gasteiger partial charge on any atom is -0.466 e. The molecule has 38 heavy (non-hydrogen) atoms. The molecule has 1 aromatic heterocycles. The molecule has 0 saturated carbocycles. The fourth-order valence-electron chi connectivity index (χ4n) is 4.84. The molecule has 1 heterocycles. The number of aromatic nitrogens is 1. The summed E-state index contributed by atoms with van der Waals surface area (Å²) in [6.45, 7) is 7.81. The second-order valence-corrected chi connectivity index (χ2v) is 10.9. The number of fused-ring (bicyclic) bond motifs is 1. The molecule has 0 radical (unpaired) electrons. The summed E-state index contributed by atoms with van der Waals surface area (Å²) in [6.07, 6.45) is 0.666. The number of carbonyl (C=O) groups excluding carboxylic acids is 3. The van der Waals surface area contributed by atoms with Crippen molar-refractivity contribution in [3.63, 3.8) is 0 Å². The van der Waals surface area contributed by atoms with Gasteiger partial charge in [0.25, 0.3) is 11.5 Å². The molecule has 7 nitrogen and oxygen atoms in total. The molecular weight excluding hydrogens is 504 g/mol. The van der Waals surface area contributed by atoms with Crippen LogP contribution in [0.5, 0.6) is 0 Å². The van der Waals surface area contributed by atoms with Crippen molar-refractivity contribution >= 4 is 29.3 Å². The Balaban J connectivity index is 1.82. The first kappa shape index (κ1) is 27.3. The Kier molecular flexibility index (Phi) is 7.88. The maximum Gasteiger partial charge on any atom is 0.308 e. The van der Waals surface area contributed by atoms with Gasteiger partial charge in [-0.3, -0.25) is 23.7 Å². The second-order valence-electron chi connectivity index (χ2n) is 10.4. The van der Waals surface area contributed by atoms with Gasteiger partial charge in [-0.05, 0) is 55.5 Å². The van der Waals surface area contributed by atoms with E-state index in [-0.39, 0.29) is 29.8 Å². The van der Waals surface area contributed by atoms with Crippen molar-refractivity contribution in [2.75, 3.05) is 6.61 Å². The molecular formula is C30H31ClN2O5. The van der Waals surface area contributed by atoms with Crippen molar-refractivity contribution in [2.45, 2.75) is 53.0 Å². The molecule has 1 amide bonds. The molecule has 0 spiro atoms. The molecule has 1 aliphatic rings. The molecule has 0 unspecified atom stereocenters. The summed E-state index contributed by atoms with van der Waals surface area (Å²) in [5, 5.41) is 3.26. The van der Waals surface area contributed by atoms with E-state index in [1.54, 1.807) is 31.2 Å². The van der Waals surface area contributed by atoms with Crippen LogP contribution in [0.4, 0.5) is 0 Å². The third-order valence-electron chi connectivity index (χ3n) is 6.66. The zero-order valence-corrected chi connectivity index (χ0v) is 22.7. The van der Waals surface area contributed by atoms with Crippen molar-refractivity contribution in [2.24, 2.45) is 5.41 Å². The average molecular weight is 535 g/mol. The monoisotopic (exact) mass is 534 g/mol. The van der Waals surface area contributed by atoms with E-state index in [1.807, 2.05) is 45.0 Å². The highest BCUT2D eigenvalue weighted by Gasteiger charge is 2.35. The van der Waals surface area contributed by atoms with E-state index in [4.69, 9.17) is 16.3 Å². The van der Waals surface area contributed by atoms with Crippen LogP contribution in [0.3, 0.4) is 0 Å². The number of hydrogen-bond donors (Lipinski definition) is 1. The average Bonchev–Trinajstić information content (AvgIpc) is 2.83. The number of aryl methyl sites for hydroxylation is 1. The smallest absolute Gasteiger partial charge is 0.308 e. The number of benzene rings is 2. The number of ether oxygens (including phenoxy) is 1. The molecule has 0 bridgehead atoms. The van der Waals surface area contributed by atoms with Crippen molar-refractivity contribution in [3.05, 3.63) is 97.9 Å². The largest absolute Gasteiger partial charge is 0.466 e. The molecule has 198 valence electrons. The zero-order valence-electron chi connectivity index (χ0n) is 22.0. The Bertz CT molecular complexity index is 1460. The molecule has 1 aliphatic carbocycles. The topological polar surface area (TPSA) is 94.5 Å². The van der Waals surface area contributed by atoms with Gasteiger partial charge < -0.3 is 10.1 Å². The highest BCUT2D eigenvalue weighted by Crippen LogP contribution is 2.35. The van der Waals surface area contributed by atoms with Gasteiger partial charge in [0.2, 0.25) is 0 Å². The van der Waals surface area contributed by atoms with Gasteiger partial charge in [0.15, 0.2) is 5.78 Å². The lowest BCUT2D eigenvalue weighted by atomic mass is 9.75. The fraction of sp³-hybridized carbons (Fsp3) is 0.333. The van der Waals surface area contributed by atoms with Gasteiger partial charge in [-0.2, -0.15) is 0 Å². The Hall–Kier alpha value is -3.71. The lowest BCUT2D eigenvalue weighted by molar-refractivity contribution is -0.143. The summed E-state index contributed by atoms with van der Waals surface area (Å²) >= 11 is 6.23. The van der Waals surface area contributed by atoms with Crippen LogP contribution in [0, 0.1) is 12.3 Å². The number of amides is 1.